The summed E-state index contributed by atoms with van der Waals surface area (Å²) >= 11 is 6.23. The van der Waals surface area contributed by atoms with Gasteiger partial charge in [0.25, 0.3) is 0 Å². The molecule has 1 saturated heterocycles. The molecule has 1 atom stereocenters. The second kappa shape index (κ2) is 7.75. The Kier molecular flexibility index (Phi) is 5.59. The number of rotatable bonds is 4. The van der Waals surface area contributed by atoms with Gasteiger partial charge in [-0.2, -0.15) is 10.4 Å². The van der Waals surface area contributed by atoms with Crippen molar-refractivity contribution in [1.82, 2.24) is 20.4 Å². The van der Waals surface area contributed by atoms with Crippen LogP contribution in [0.3, 0.4) is 0 Å². The Bertz CT molecular complexity index is 865. The van der Waals surface area contributed by atoms with E-state index in [1.807, 2.05) is 12.1 Å². The van der Waals surface area contributed by atoms with Crippen molar-refractivity contribution in [3.05, 3.63) is 28.9 Å². The molecule has 2 heterocycles. The van der Waals surface area contributed by atoms with Gasteiger partial charge in [-0.25, -0.2) is 4.79 Å². The van der Waals surface area contributed by atoms with E-state index in [0.29, 0.717) is 18.1 Å². The van der Waals surface area contributed by atoms with Crippen LogP contribution in [0.4, 0.5) is 4.79 Å². The number of aliphatic hydroxyl groups excluding tert-OH is 1. The summed E-state index contributed by atoms with van der Waals surface area (Å²) in [5.41, 5.74) is 1.14. The van der Waals surface area contributed by atoms with Crippen LogP contribution in [0.2, 0.25) is 5.02 Å². The fourth-order valence-corrected chi connectivity index (χ4v) is 4.18. The number of hydrogen-bond acceptors (Lipinski definition) is 4. The Balaban J connectivity index is 1.74. The van der Waals surface area contributed by atoms with Crippen molar-refractivity contribution in [2.45, 2.75) is 32.8 Å². The number of halogens is 1. The van der Waals surface area contributed by atoms with Crippen LogP contribution in [-0.2, 0) is 0 Å². The van der Waals surface area contributed by atoms with E-state index in [1.165, 1.54) is 0 Å². The number of amides is 2. The Morgan fingerprint density at radius 1 is 1.52 bits per heavy atom. The van der Waals surface area contributed by atoms with Crippen molar-refractivity contribution in [2.24, 2.45) is 11.3 Å². The van der Waals surface area contributed by atoms with E-state index in [9.17, 15) is 9.90 Å². The number of nitrogens with one attached hydrogen (secondary N) is 2. The third kappa shape index (κ3) is 3.87. The van der Waals surface area contributed by atoms with Crippen LogP contribution in [0.25, 0.3) is 10.9 Å². The Hall–Kier alpha value is -2.30. The minimum absolute atomic E-state index is 0.0118. The van der Waals surface area contributed by atoms with Crippen molar-refractivity contribution >= 4 is 28.5 Å². The maximum atomic E-state index is 12.0. The smallest absolute Gasteiger partial charge is 0.318 e. The van der Waals surface area contributed by atoms with Crippen LogP contribution in [0.5, 0.6) is 0 Å². The van der Waals surface area contributed by atoms with Gasteiger partial charge < -0.3 is 15.3 Å². The van der Waals surface area contributed by atoms with Crippen LogP contribution in [0, 0.1) is 22.7 Å². The van der Waals surface area contributed by atoms with Gasteiger partial charge in [-0.05, 0) is 36.3 Å². The number of aromatic nitrogens is 2. The van der Waals surface area contributed by atoms with E-state index in [-0.39, 0.29) is 18.5 Å². The van der Waals surface area contributed by atoms with Crippen LogP contribution >= 0.6 is 11.6 Å². The van der Waals surface area contributed by atoms with Crippen molar-refractivity contribution < 1.29 is 9.90 Å². The van der Waals surface area contributed by atoms with E-state index >= 15 is 0 Å². The number of fused-ring (bicyclic) bond motifs is 1. The molecule has 1 aliphatic heterocycles. The van der Waals surface area contributed by atoms with Crippen molar-refractivity contribution in [3.63, 3.8) is 0 Å². The van der Waals surface area contributed by atoms with E-state index in [1.54, 1.807) is 17.2 Å². The molecule has 0 spiro atoms. The molecule has 0 saturated carbocycles. The molecule has 3 rings (SSSR count). The molecule has 27 heavy (non-hydrogen) atoms. The highest BCUT2D eigenvalue weighted by molar-refractivity contribution is 6.31. The summed E-state index contributed by atoms with van der Waals surface area (Å²) in [6.45, 7) is 5.33. The second-order valence-electron chi connectivity index (χ2n) is 7.63. The van der Waals surface area contributed by atoms with E-state index < -0.39 is 11.5 Å². The second-order valence-corrected chi connectivity index (χ2v) is 8.07. The zero-order valence-corrected chi connectivity index (χ0v) is 16.3. The van der Waals surface area contributed by atoms with Gasteiger partial charge in [-0.3, -0.25) is 5.10 Å². The van der Waals surface area contributed by atoms with E-state index in [4.69, 9.17) is 16.9 Å². The monoisotopic (exact) mass is 389 g/mol. The molecule has 7 nitrogen and oxygen atoms in total. The highest BCUT2D eigenvalue weighted by atomic mass is 35.5. The number of likely N-dealkylation sites (tertiary alicyclic amines) is 1. The number of aromatic amines is 1. The molecule has 1 fully saturated rings. The SMILES string of the molecule is CC(C)(C1CCN(C(=O)NCC#N)CC1)[C@H](O)c1cc(Cl)cc2cn[nH]c12. The Morgan fingerprint density at radius 2 is 2.22 bits per heavy atom. The summed E-state index contributed by atoms with van der Waals surface area (Å²) in [6, 6.07) is 5.32. The van der Waals surface area contributed by atoms with Crippen LogP contribution in [0.1, 0.15) is 38.4 Å². The number of benzene rings is 1. The summed E-state index contributed by atoms with van der Waals surface area (Å²) in [5.74, 6) is 0.240. The molecule has 8 heteroatoms. The average Bonchev–Trinajstić information content (AvgIpc) is 3.13. The molecule has 0 radical (unpaired) electrons. The fourth-order valence-electron chi connectivity index (χ4n) is 3.94. The predicted octanol–water partition coefficient (Wildman–Crippen LogP) is 3.22. The largest absolute Gasteiger partial charge is 0.388 e. The van der Waals surface area contributed by atoms with Crippen molar-refractivity contribution in [3.8, 4) is 6.07 Å². The van der Waals surface area contributed by atoms with E-state index in [2.05, 4.69) is 29.4 Å². The average molecular weight is 390 g/mol. The number of nitrogens with zero attached hydrogens (tertiary/aromatic N) is 3. The van der Waals surface area contributed by atoms with Crippen LogP contribution in [0.15, 0.2) is 18.3 Å². The third-order valence-electron chi connectivity index (χ3n) is 5.70. The van der Waals surface area contributed by atoms with Gasteiger partial charge in [0.1, 0.15) is 6.54 Å². The van der Waals surface area contributed by atoms with Gasteiger partial charge in [0.05, 0.1) is 23.9 Å². The quantitative estimate of drug-likeness (QED) is 0.698. The predicted molar refractivity (Wildman–Crippen MR) is 103 cm³/mol. The first-order valence-electron chi connectivity index (χ1n) is 9.05. The first-order valence-corrected chi connectivity index (χ1v) is 9.42. The topological polar surface area (TPSA) is 105 Å². The number of urea groups is 1. The van der Waals surface area contributed by atoms with Gasteiger partial charge in [0, 0.05) is 29.1 Å². The van der Waals surface area contributed by atoms with Crippen molar-refractivity contribution in [2.75, 3.05) is 19.6 Å². The molecule has 2 amide bonds. The molecule has 3 N–H and O–H groups in total. The number of carbonyl (C=O) groups is 1. The Morgan fingerprint density at radius 3 is 2.89 bits per heavy atom. The molecule has 1 aromatic heterocycles. The number of hydrogen-bond donors (Lipinski definition) is 3. The summed E-state index contributed by atoms with van der Waals surface area (Å²) in [4.78, 5) is 13.7. The zero-order chi connectivity index (χ0) is 19.6. The lowest BCUT2D eigenvalue weighted by Gasteiger charge is -2.43. The molecule has 1 aliphatic rings. The Labute approximate surface area is 163 Å². The maximum absolute atomic E-state index is 12.0. The number of carbonyl (C=O) groups excluding carboxylic acids is 1. The molecule has 144 valence electrons. The maximum Gasteiger partial charge on any atom is 0.318 e. The van der Waals surface area contributed by atoms with Crippen LogP contribution in [-0.4, -0.2) is 45.9 Å². The van der Waals surface area contributed by atoms with Gasteiger partial charge in [-0.15, -0.1) is 0 Å². The minimum Gasteiger partial charge on any atom is -0.388 e. The highest BCUT2D eigenvalue weighted by Crippen LogP contribution is 2.46. The summed E-state index contributed by atoms with van der Waals surface area (Å²) in [7, 11) is 0. The van der Waals surface area contributed by atoms with Crippen LogP contribution < -0.4 is 5.32 Å². The zero-order valence-electron chi connectivity index (χ0n) is 15.5. The van der Waals surface area contributed by atoms with Gasteiger partial charge in [-0.1, -0.05) is 25.4 Å². The molecule has 0 bridgehead atoms. The summed E-state index contributed by atoms with van der Waals surface area (Å²) in [5, 5.41) is 30.8. The standard InChI is InChI=1S/C19H24ClN5O2/c1-19(2,13-3-7-25(8-4-13)18(27)22-6-5-21)17(26)15-10-14(20)9-12-11-23-24-16(12)15/h9-11,13,17,26H,3-4,6-8H2,1-2H3,(H,22,27)(H,23,24)/t17-/m1/s1. The molecule has 0 unspecified atom stereocenters. The minimum atomic E-state index is -0.719. The lowest BCUT2D eigenvalue weighted by molar-refractivity contribution is -0.0143. The third-order valence-corrected chi connectivity index (χ3v) is 5.91. The first kappa shape index (κ1) is 19.5. The molecular formula is C19H24ClN5O2. The molecule has 0 aliphatic carbocycles. The number of aliphatic hydroxyl groups is 1. The first-order chi connectivity index (χ1) is 12.8. The fraction of sp³-hybridized carbons (Fsp3) is 0.526. The number of H-pyrrole nitrogens is 1. The lowest BCUT2D eigenvalue weighted by atomic mass is 9.68. The molecule has 2 aromatic rings. The lowest BCUT2D eigenvalue weighted by Crippen LogP contribution is -2.47. The number of nitriles is 1. The summed E-state index contributed by atoms with van der Waals surface area (Å²) in [6.07, 6.45) is 2.55. The number of piperidine rings is 1. The van der Waals surface area contributed by atoms with E-state index in [0.717, 1.165) is 29.3 Å². The molecule has 1 aromatic carbocycles. The molecular weight excluding hydrogens is 366 g/mol. The van der Waals surface area contributed by atoms with Gasteiger partial charge in [0.15, 0.2) is 0 Å². The highest BCUT2D eigenvalue weighted by Gasteiger charge is 2.40. The normalized spacial score (nSPS) is 16.9. The van der Waals surface area contributed by atoms with Gasteiger partial charge in [0.2, 0.25) is 0 Å². The summed E-state index contributed by atoms with van der Waals surface area (Å²) < 4.78 is 0. The van der Waals surface area contributed by atoms with Crippen molar-refractivity contribution in [1.29, 1.82) is 5.26 Å². The van der Waals surface area contributed by atoms with Gasteiger partial charge >= 0.3 is 6.03 Å².